The number of carbonyl (C=O) groups excluding carboxylic acids is 1. The van der Waals surface area contributed by atoms with E-state index in [0.29, 0.717) is 29.2 Å². The van der Waals surface area contributed by atoms with Gasteiger partial charge in [0.2, 0.25) is 0 Å². The largest absolute Gasteiger partial charge is 0.416 e. The van der Waals surface area contributed by atoms with Gasteiger partial charge in [0.05, 0.1) is 5.56 Å². The van der Waals surface area contributed by atoms with Crippen LogP contribution in [-0.4, -0.2) is 23.5 Å². The van der Waals surface area contributed by atoms with Gasteiger partial charge in [-0.25, -0.2) is 4.79 Å². The first-order valence-electron chi connectivity index (χ1n) is 8.20. The number of likely N-dealkylation sites (N-methyl/N-ethyl adjacent to an activating group) is 1. The van der Waals surface area contributed by atoms with E-state index in [9.17, 15) is 18.0 Å². The van der Waals surface area contributed by atoms with Crippen LogP contribution >= 0.6 is 11.6 Å². The van der Waals surface area contributed by atoms with Crippen LogP contribution in [0.25, 0.3) is 0 Å². The number of nitrogens with zero attached hydrogens (tertiary/aromatic N) is 1. The summed E-state index contributed by atoms with van der Waals surface area (Å²) in [7, 11) is 0. The maximum atomic E-state index is 12.8. The topological polar surface area (TPSA) is 32.3 Å². The summed E-state index contributed by atoms with van der Waals surface area (Å²) in [4.78, 5) is 14.1. The summed E-state index contributed by atoms with van der Waals surface area (Å²) in [5.41, 5.74) is 0.405. The van der Waals surface area contributed by atoms with E-state index in [2.05, 4.69) is 5.32 Å². The van der Waals surface area contributed by atoms with E-state index < -0.39 is 11.7 Å². The van der Waals surface area contributed by atoms with E-state index in [0.717, 1.165) is 12.1 Å². The minimum atomic E-state index is -4.38. The number of rotatable bonds is 5. The van der Waals surface area contributed by atoms with E-state index in [1.807, 2.05) is 6.92 Å². The molecule has 3 nitrogen and oxygen atoms in total. The number of carbonyl (C=O) groups is 1. The van der Waals surface area contributed by atoms with Gasteiger partial charge in [0.1, 0.15) is 0 Å². The molecule has 0 saturated carbocycles. The van der Waals surface area contributed by atoms with Gasteiger partial charge in [0, 0.05) is 23.3 Å². The van der Waals surface area contributed by atoms with Crippen LogP contribution < -0.4 is 5.32 Å². The highest BCUT2D eigenvalue weighted by Crippen LogP contribution is 2.30. The average Bonchev–Trinajstić information content (AvgIpc) is 2.55. The molecule has 2 aromatic rings. The molecule has 0 aliphatic heterocycles. The molecular weight excluding hydrogens is 365 g/mol. The van der Waals surface area contributed by atoms with Crippen LogP contribution in [-0.2, 0) is 12.6 Å². The molecule has 0 saturated heterocycles. The zero-order valence-corrected chi connectivity index (χ0v) is 15.2. The Kier molecular flexibility index (Phi) is 6.53. The van der Waals surface area contributed by atoms with Crippen LogP contribution in [0.5, 0.6) is 0 Å². The Morgan fingerprint density at radius 3 is 2.50 bits per heavy atom. The predicted octanol–water partition coefficient (Wildman–Crippen LogP) is 5.84. The number of halogens is 4. The van der Waals surface area contributed by atoms with Crippen molar-refractivity contribution in [1.29, 1.82) is 0 Å². The second kappa shape index (κ2) is 8.45. The van der Waals surface area contributed by atoms with Crippen molar-refractivity contribution in [2.75, 3.05) is 11.9 Å². The zero-order valence-electron chi connectivity index (χ0n) is 14.5. The van der Waals surface area contributed by atoms with Crippen molar-refractivity contribution in [3.8, 4) is 0 Å². The van der Waals surface area contributed by atoms with Crippen LogP contribution in [0.4, 0.5) is 23.7 Å². The third-order valence-corrected chi connectivity index (χ3v) is 4.23. The normalized spacial score (nSPS) is 12.5. The third kappa shape index (κ3) is 5.39. The number of amides is 2. The number of anilines is 1. The molecule has 0 spiro atoms. The maximum Gasteiger partial charge on any atom is 0.416 e. The second-order valence-corrected chi connectivity index (χ2v) is 6.41. The van der Waals surface area contributed by atoms with Crippen molar-refractivity contribution in [3.05, 3.63) is 64.7 Å². The molecule has 26 heavy (non-hydrogen) atoms. The van der Waals surface area contributed by atoms with Gasteiger partial charge in [-0.3, -0.25) is 0 Å². The van der Waals surface area contributed by atoms with Gasteiger partial charge in [-0.05, 0) is 50.1 Å². The summed E-state index contributed by atoms with van der Waals surface area (Å²) in [6, 6.07) is 11.3. The van der Waals surface area contributed by atoms with Gasteiger partial charge in [-0.15, -0.1) is 0 Å². The Bertz CT molecular complexity index is 764. The number of hydrogen-bond acceptors (Lipinski definition) is 1. The smallest absolute Gasteiger partial charge is 0.322 e. The molecular formula is C19H20ClF3N2O. The van der Waals surface area contributed by atoms with E-state index in [1.54, 1.807) is 42.2 Å². The fourth-order valence-electron chi connectivity index (χ4n) is 2.74. The molecule has 1 unspecified atom stereocenters. The zero-order chi connectivity index (χ0) is 19.3. The summed E-state index contributed by atoms with van der Waals surface area (Å²) in [5.74, 6) is 0. The van der Waals surface area contributed by atoms with Crippen molar-refractivity contribution < 1.29 is 18.0 Å². The molecule has 1 N–H and O–H groups in total. The average molecular weight is 385 g/mol. The number of hydrogen-bond donors (Lipinski definition) is 1. The standard InChI is InChI=1S/C19H20ClF3N2O/c1-3-25(18(26)24-17-9-5-8-16(20)12-17)13(2)10-14-6-4-7-15(11-14)19(21,22)23/h4-9,11-13H,3,10H2,1-2H3,(H,24,26). The first-order valence-corrected chi connectivity index (χ1v) is 8.58. The summed E-state index contributed by atoms with van der Waals surface area (Å²) >= 11 is 5.91. The summed E-state index contributed by atoms with van der Waals surface area (Å²) in [6.45, 7) is 4.05. The first-order chi connectivity index (χ1) is 12.2. The Labute approximate surface area is 155 Å². The molecule has 7 heteroatoms. The highest BCUT2D eigenvalue weighted by molar-refractivity contribution is 6.30. The van der Waals surface area contributed by atoms with Gasteiger partial charge >= 0.3 is 12.2 Å². The van der Waals surface area contributed by atoms with Crippen molar-refractivity contribution in [1.82, 2.24) is 4.90 Å². The van der Waals surface area contributed by atoms with Crippen molar-refractivity contribution in [2.24, 2.45) is 0 Å². The minimum Gasteiger partial charge on any atom is -0.322 e. The number of alkyl halides is 3. The quantitative estimate of drug-likeness (QED) is 0.689. The molecule has 0 fully saturated rings. The van der Waals surface area contributed by atoms with E-state index in [-0.39, 0.29) is 12.1 Å². The Balaban J connectivity index is 2.08. The molecule has 0 aliphatic carbocycles. The monoisotopic (exact) mass is 384 g/mol. The first kappa shape index (κ1) is 20.1. The second-order valence-electron chi connectivity index (χ2n) is 5.98. The summed E-state index contributed by atoms with van der Waals surface area (Å²) in [5, 5.41) is 3.26. The van der Waals surface area contributed by atoms with Gasteiger partial charge in [0.15, 0.2) is 0 Å². The molecule has 1 atom stereocenters. The Morgan fingerprint density at radius 2 is 1.88 bits per heavy atom. The van der Waals surface area contributed by atoms with E-state index in [4.69, 9.17) is 11.6 Å². The molecule has 0 aromatic heterocycles. The van der Waals surface area contributed by atoms with Crippen LogP contribution in [0.15, 0.2) is 48.5 Å². The van der Waals surface area contributed by atoms with Crippen LogP contribution in [0.3, 0.4) is 0 Å². The van der Waals surface area contributed by atoms with Crippen LogP contribution in [0.2, 0.25) is 5.02 Å². The fraction of sp³-hybridized carbons (Fsp3) is 0.316. The van der Waals surface area contributed by atoms with Crippen molar-refractivity contribution in [3.63, 3.8) is 0 Å². The summed E-state index contributed by atoms with van der Waals surface area (Å²) in [6.07, 6.45) is -4.06. The number of benzene rings is 2. The van der Waals surface area contributed by atoms with E-state index in [1.165, 1.54) is 6.07 Å². The molecule has 0 radical (unpaired) electrons. The molecule has 2 amide bonds. The SMILES string of the molecule is CCN(C(=O)Nc1cccc(Cl)c1)C(C)Cc1cccc(C(F)(F)F)c1. The van der Waals surface area contributed by atoms with Gasteiger partial charge < -0.3 is 10.2 Å². The van der Waals surface area contributed by atoms with Crippen molar-refractivity contribution in [2.45, 2.75) is 32.5 Å². The van der Waals surface area contributed by atoms with Crippen molar-refractivity contribution >= 4 is 23.3 Å². The highest BCUT2D eigenvalue weighted by Gasteiger charge is 2.30. The molecule has 0 bridgehead atoms. The van der Waals surface area contributed by atoms with Gasteiger partial charge in [-0.1, -0.05) is 35.9 Å². The Hall–Kier alpha value is -2.21. The summed E-state index contributed by atoms with van der Waals surface area (Å²) < 4.78 is 38.5. The van der Waals surface area contributed by atoms with Gasteiger partial charge in [-0.2, -0.15) is 13.2 Å². The third-order valence-electron chi connectivity index (χ3n) is 3.99. The molecule has 140 valence electrons. The number of urea groups is 1. The van der Waals surface area contributed by atoms with E-state index >= 15 is 0 Å². The number of nitrogens with one attached hydrogen (secondary N) is 1. The predicted molar refractivity (Wildman–Crippen MR) is 97.5 cm³/mol. The van der Waals surface area contributed by atoms with Crippen LogP contribution in [0.1, 0.15) is 25.0 Å². The molecule has 2 aromatic carbocycles. The highest BCUT2D eigenvalue weighted by atomic mass is 35.5. The molecule has 2 rings (SSSR count). The Morgan fingerprint density at radius 1 is 1.19 bits per heavy atom. The minimum absolute atomic E-state index is 0.275. The fourth-order valence-corrected chi connectivity index (χ4v) is 2.93. The maximum absolute atomic E-state index is 12.8. The lowest BCUT2D eigenvalue weighted by atomic mass is 10.0. The lowest BCUT2D eigenvalue weighted by Crippen LogP contribution is -2.42. The lowest BCUT2D eigenvalue weighted by Gasteiger charge is -2.28. The van der Waals surface area contributed by atoms with Crippen LogP contribution in [0, 0.1) is 0 Å². The van der Waals surface area contributed by atoms with Gasteiger partial charge in [0.25, 0.3) is 0 Å². The lowest BCUT2D eigenvalue weighted by molar-refractivity contribution is -0.137. The molecule has 0 aliphatic rings. The molecule has 0 heterocycles.